The SMILES string of the molecule is COC(=O)C1CCN(Cc2ccc(C3=NOC(c4ccc(OC(C)C)c(Cl)c4)C3)cc2)C1. The lowest BCUT2D eigenvalue weighted by Crippen LogP contribution is -2.23. The lowest BCUT2D eigenvalue weighted by molar-refractivity contribution is -0.144. The van der Waals surface area contributed by atoms with Crippen LogP contribution < -0.4 is 4.74 Å². The lowest BCUT2D eigenvalue weighted by atomic mass is 9.99. The van der Waals surface area contributed by atoms with Gasteiger partial charge in [-0.3, -0.25) is 9.69 Å². The van der Waals surface area contributed by atoms with Crippen LogP contribution in [-0.4, -0.2) is 42.9 Å². The number of carbonyl (C=O) groups is 1. The molecule has 1 saturated heterocycles. The molecule has 0 aliphatic carbocycles. The number of oxime groups is 1. The van der Waals surface area contributed by atoms with Gasteiger partial charge in [-0.05, 0) is 55.6 Å². The van der Waals surface area contributed by atoms with Gasteiger partial charge in [0, 0.05) is 19.5 Å². The lowest BCUT2D eigenvalue weighted by Gasteiger charge is -2.15. The minimum atomic E-state index is -0.157. The summed E-state index contributed by atoms with van der Waals surface area (Å²) in [7, 11) is 1.45. The number of likely N-dealkylation sites (tertiary alicyclic amines) is 1. The molecule has 0 amide bonds. The fourth-order valence-corrected chi connectivity index (χ4v) is 4.42. The molecule has 0 bridgehead atoms. The van der Waals surface area contributed by atoms with Gasteiger partial charge in [0.15, 0.2) is 6.10 Å². The van der Waals surface area contributed by atoms with Crippen LogP contribution in [0.5, 0.6) is 5.75 Å². The van der Waals surface area contributed by atoms with Gasteiger partial charge >= 0.3 is 5.97 Å². The molecule has 2 unspecified atom stereocenters. The first-order chi connectivity index (χ1) is 15.4. The summed E-state index contributed by atoms with van der Waals surface area (Å²) in [6.07, 6.45) is 1.45. The molecule has 2 aliphatic rings. The summed E-state index contributed by atoms with van der Waals surface area (Å²) >= 11 is 6.38. The summed E-state index contributed by atoms with van der Waals surface area (Å²) in [5.41, 5.74) is 4.17. The van der Waals surface area contributed by atoms with Crippen molar-refractivity contribution in [3.8, 4) is 5.75 Å². The molecule has 1 fully saturated rings. The van der Waals surface area contributed by atoms with Crippen LogP contribution in [0, 0.1) is 5.92 Å². The third kappa shape index (κ3) is 5.25. The number of methoxy groups -OCH3 is 1. The second kappa shape index (κ2) is 9.92. The van der Waals surface area contributed by atoms with Crippen molar-refractivity contribution in [2.24, 2.45) is 11.1 Å². The molecule has 0 spiro atoms. The van der Waals surface area contributed by atoms with E-state index in [-0.39, 0.29) is 24.1 Å². The van der Waals surface area contributed by atoms with Crippen molar-refractivity contribution in [2.45, 2.75) is 45.4 Å². The highest BCUT2D eigenvalue weighted by Crippen LogP contribution is 2.34. The van der Waals surface area contributed by atoms with Gasteiger partial charge in [-0.25, -0.2) is 0 Å². The van der Waals surface area contributed by atoms with Gasteiger partial charge in [-0.2, -0.15) is 0 Å². The van der Waals surface area contributed by atoms with Crippen molar-refractivity contribution >= 4 is 23.3 Å². The molecule has 0 aromatic heterocycles. The third-order valence-electron chi connectivity index (χ3n) is 5.86. The quantitative estimate of drug-likeness (QED) is 0.549. The van der Waals surface area contributed by atoms with Gasteiger partial charge in [0.05, 0.1) is 29.9 Å². The van der Waals surface area contributed by atoms with Crippen molar-refractivity contribution in [1.82, 2.24) is 4.90 Å². The average Bonchev–Trinajstić information content (AvgIpc) is 3.45. The van der Waals surface area contributed by atoms with E-state index in [0.717, 1.165) is 42.9 Å². The van der Waals surface area contributed by atoms with Crippen molar-refractivity contribution in [3.63, 3.8) is 0 Å². The molecular weight excluding hydrogens is 428 g/mol. The van der Waals surface area contributed by atoms with Crippen molar-refractivity contribution in [3.05, 3.63) is 64.2 Å². The van der Waals surface area contributed by atoms with Crippen molar-refractivity contribution in [2.75, 3.05) is 20.2 Å². The zero-order valence-corrected chi connectivity index (χ0v) is 19.5. The summed E-state index contributed by atoms with van der Waals surface area (Å²) in [4.78, 5) is 19.7. The number of esters is 1. The van der Waals surface area contributed by atoms with Crippen molar-refractivity contribution < 1.29 is 19.1 Å². The topological polar surface area (TPSA) is 60.4 Å². The Morgan fingerprint density at radius 1 is 1.25 bits per heavy atom. The van der Waals surface area contributed by atoms with E-state index in [2.05, 4.69) is 34.3 Å². The Labute approximate surface area is 194 Å². The first kappa shape index (κ1) is 22.6. The monoisotopic (exact) mass is 456 g/mol. The molecule has 0 N–H and O–H groups in total. The molecule has 2 aromatic rings. The van der Waals surface area contributed by atoms with E-state index in [9.17, 15) is 4.79 Å². The highest BCUT2D eigenvalue weighted by atomic mass is 35.5. The molecule has 170 valence electrons. The molecule has 32 heavy (non-hydrogen) atoms. The van der Waals surface area contributed by atoms with Gasteiger partial charge in [0.1, 0.15) is 5.75 Å². The largest absolute Gasteiger partial charge is 0.489 e. The van der Waals surface area contributed by atoms with Gasteiger partial charge in [-0.15, -0.1) is 0 Å². The first-order valence-corrected chi connectivity index (χ1v) is 11.4. The molecule has 2 atom stereocenters. The fraction of sp³-hybridized carbons (Fsp3) is 0.440. The predicted octanol–water partition coefficient (Wildman–Crippen LogP) is 4.99. The van der Waals surface area contributed by atoms with Crippen LogP contribution in [0.4, 0.5) is 0 Å². The molecular formula is C25H29ClN2O4. The minimum Gasteiger partial charge on any atom is -0.489 e. The molecule has 0 saturated carbocycles. The maximum absolute atomic E-state index is 11.7. The van der Waals surface area contributed by atoms with Crippen molar-refractivity contribution in [1.29, 1.82) is 0 Å². The van der Waals surface area contributed by atoms with Gasteiger partial charge in [-0.1, -0.05) is 47.1 Å². The zero-order chi connectivity index (χ0) is 22.7. The second-order valence-corrected chi connectivity index (χ2v) is 9.04. The second-order valence-electron chi connectivity index (χ2n) is 8.63. The minimum absolute atomic E-state index is 0.0132. The Balaban J connectivity index is 1.34. The Kier molecular flexibility index (Phi) is 7.01. The van der Waals surface area contributed by atoms with Crippen LogP contribution >= 0.6 is 11.6 Å². The number of rotatable bonds is 7. The average molecular weight is 457 g/mol. The fourth-order valence-electron chi connectivity index (χ4n) is 4.19. The predicted molar refractivity (Wildman–Crippen MR) is 124 cm³/mol. The van der Waals surface area contributed by atoms with E-state index in [0.29, 0.717) is 17.2 Å². The van der Waals surface area contributed by atoms with Crippen LogP contribution in [0.15, 0.2) is 47.6 Å². The maximum atomic E-state index is 11.7. The van der Waals surface area contributed by atoms with Gasteiger partial charge < -0.3 is 14.3 Å². The van der Waals surface area contributed by atoms with Crippen LogP contribution in [0.1, 0.15) is 49.5 Å². The van der Waals surface area contributed by atoms with Gasteiger partial charge in [0.2, 0.25) is 0 Å². The Morgan fingerprint density at radius 2 is 2.03 bits per heavy atom. The number of benzene rings is 2. The molecule has 7 heteroatoms. The summed E-state index contributed by atoms with van der Waals surface area (Å²) in [5, 5.41) is 4.89. The molecule has 4 rings (SSSR count). The number of halogens is 1. The summed E-state index contributed by atoms with van der Waals surface area (Å²) in [6, 6.07) is 14.2. The summed E-state index contributed by atoms with van der Waals surface area (Å²) in [6.45, 7) is 6.43. The standard InChI is InChI=1S/C25H29ClN2O4/c1-16(2)31-23-9-8-19(12-21(23)26)24-13-22(27-32-24)18-6-4-17(5-7-18)14-28-11-10-20(15-28)25(29)30-3/h4-9,12,16,20,24H,10-11,13-15H2,1-3H3. The van der Waals surface area contributed by atoms with E-state index in [4.69, 9.17) is 25.9 Å². The highest BCUT2D eigenvalue weighted by Gasteiger charge is 2.29. The summed E-state index contributed by atoms with van der Waals surface area (Å²) in [5.74, 6) is 0.553. The van der Waals surface area contributed by atoms with Crippen LogP contribution in [0.3, 0.4) is 0 Å². The molecule has 6 nitrogen and oxygen atoms in total. The number of ether oxygens (including phenoxy) is 2. The Morgan fingerprint density at radius 3 is 2.72 bits per heavy atom. The number of hydrogen-bond donors (Lipinski definition) is 0. The van der Waals surface area contributed by atoms with Crippen LogP contribution in [0.2, 0.25) is 5.02 Å². The van der Waals surface area contributed by atoms with Gasteiger partial charge in [0.25, 0.3) is 0 Å². The highest BCUT2D eigenvalue weighted by molar-refractivity contribution is 6.32. The zero-order valence-electron chi connectivity index (χ0n) is 18.7. The van der Waals surface area contributed by atoms with E-state index < -0.39 is 0 Å². The van der Waals surface area contributed by atoms with Crippen LogP contribution in [-0.2, 0) is 20.9 Å². The summed E-state index contributed by atoms with van der Waals surface area (Å²) < 4.78 is 10.6. The third-order valence-corrected chi connectivity index (χ3v) is 6.15. The smallest absolute Gasteiger partial charge is 0.310 e. The van der Waals surface area contributed by atoms with E-state index in [1.807, 2.05) is 32.0 Å². The molecule has 2 aliphatic heterocycles. The number of hydrogen-bond acceptors (Lipinski definition) is 6. The van der Waals surface area contributed by atoms with E-state index in [1.54, 1.807) is 0 Å². The van der Waals surface area contributed by atoms with E-state index >= 15 is 0 Å². The molecule has 2 aromatic carbocycles. The Bertz CT molecular complexity index is 990. The first-order valence-electron chi connectivity index (χ1n) is 11.0. The normalized spacial score (nSPS) is 20.8. The maximum Gasteiger partial charge on any atom is 0.310 e. The molecule has 2 heterocycles. The number of carbonyl (C=O) groups excluding carboxylic acids is 1. The molecule has 0 radical (unpaired) electrons. The Hall–Kier alpha value is -2.57. The van der Waals surface area contributed by atoms with E-state index in [1.165, 1.54) is 12.7 Å². The number of nitrogens with zero attached hydrogens (tertiary/aromatic N) is 2. The van der Waals surface area contributed by atoms with Crippen LogP contribution in [0.25, 0.3) is 0 Å².